The van der Waals surface area contributed by atoms with Crippen molar-refractivity contribution < 1.29 is 22.7 Å². The zero-order chi connectivity index (χ0) is 12.6. The Morgan fingerprint density at radius 2 is 2.00 bits per heavy atom. The third-order valence-corrected chi connectivity index (χ3v) is 2.67. The average molecular weight is 245 g/mol. The van der Waals surface area contributed by atoms with Gasteiger partial charge in [-0.3, -0.25) is 4.79 Å². The molecule has 0 atom stereocenters. The van der Waals surface area contributed by atoms with Gasteiger partial charge in [0.2, 0.25) is 12.2 Å². The topological polar surface area (TPSA) is 29.5 Å². The van der Waals surface area contributed by atoms with Gasteiger partial charge in [0.05, 0.1) is 13.1 Å². The summed E-state index contributed by atoms with van der Waals surface area (Å²) in [4.78, 5) is 11.7. The Hall–Kier alpha value is -1.72. The number of halogens is 3. The van der Waals surface area contributed by atoms with Crippen molar-refractivity contribution in [2.24, 2.45) is 0 Å². The van der Waals surface area contributed by atoms with Gasteiger partial charge in [-0.25, -0.2) is 8.78 Å². The Morgan fingerprint density at radius 1 is 1.35 bits per heavy atom. The van der Waals surface area contributed by atoms with E-state index in [9.17, 15) is 18.0 Å². The highest BCUT2D eigenvalue weighted by molar-refractivity contribution is 5.49. The molecule has 0 N–H and O–H groups in total. The standard InChI is InChI=1S/C11H10F3NO2/c1-6-8(12)2-9(11(14)10(6)13)17-7-3-15(4-7)5-16/h2,5,7H,3-4H2,1H3. The fourth-order valence-electron chi connectivity index (χ4n) is 1.56. The number of likely N-dealkylation sites (tertiary alicyclic amines) is 1. The molecule has 0 radical (unpaired) electrons. The maximum absolute atomic E-state index is 13.4. The van der Waals surface area contributed by atoms with Crippen LogP contribution in [0.25, 0.3) is 0 Å². The van der Waals surface area contributed by atoms with Crippen LogP contribution in [0.1, 0.15) is 5.56 Å². The summed E-state index contributed by atoms with van der Waals surface area (Å²) < 4.78 is 44.9. The molecule has 17 heavy (non-hydrogen) atoms. The first-order valence-electron chi connectivity index (χ1n) is 5.03. The van der Waals surface area contributed by atoms with Gasteiger partial charge < -0.3 is 9.64 Å². The predicted molar refractivity (Wildman–Crippen MR) is 53.1 cm³/mol. The molecule has 0 bridgehead atoms. The molecule has 0 aliphatic carbocycles. The SMILES string of the molecule is Cc1c(F)cc(OC2CN(C=O)C2)c(F)c1F. The smallest absolute Gasteiger partial charge is 0.209 e. The molecule has 6 heteroatoms. The van der Waals surface area contributed by atoms with Gasteiger partial charge in [-0.05, 0) is 6.92 Å². The largest absolute Gasteiger partial charge is 0.483 e. The molecule has 1 fully saturated rings. The van der Waals surface area contributed by atoms with Crippen LogP contribution in [0.4, 0.5) is 13.2 Å². The zero-order valence-corrected chi connectivity index (χ0v) is 9.04. The Labute approximate surface area is 95.8 Å². The van der Waals surface area contributed by atoms with Crippen LogP contribution in [0.2, 0.25) is 0 Å². The van der Waals surface area contributed by atoms with E-state index in [0.717, 1.165) is 13.0 Å². The van der Waals surface area contributed by atoms with Crippen molar-refractivity contribution in [1.29, 1.82) is 0 Å². The Bertz CT molecular complexity index is 459. The van der Waals surface area contributed by atoms with E-state index < -0.39 is 29.3 Å². The molecule has 0 aromatic heterocycles. The average Bonchev–Trinajstić information content (AvgIpc) is 2.26. The molecule has 92 valence electrons. The molecule has 1 aliphatic rings. The van der Waals surface area contributed by atoms with Crippen molar-refractivity contribution in [2.75, 3.05) is 13.1 Å². The first kappa shape index (κ1) is 11.8. The van der Waals surface area contributed by atoms with Gasteiger partial charge in [0.1, 0.15) is 11.9 Å². The minimum Gasteiger partial charge on any atom is -0.483 e. The molecule has 1 amide bonds. The second kappa shape index (κ2) is 4.27. The van der Waals surface area contributed by atoms with E-state index in [4.69, 9.17) is 4.74 Å². The molecular formula is C11H10F3NO2. The molecule has 1 saturated heterocycles. The second-order valence-corrected chi connectivity index (χ2v) is 3.91. The third-order valence-electron chi connectivity index (χ3n) is 2.67. The first-order valence-corrected chi connectivity index (χ1v) is 5.03. The fourth-order valence-corrected chi connectivity index (χ4v) is 1.56. The number of hydrogen-bond donors (Lipinski definition) is 0. The predicted octanol–water partition coefficient (Wildman–Crippen LogP) is 1.63. The Morgan fingerprint density at radius 3 is 2.59 bits per heavy atom. The van der Waals surface area contributed by atoms with Crippen molar-refractivity contribution in [2.45, 2.75) is 13.0 Å². The summed E-state index contributed by atoms with van der Waals surface area (Å²) in [7, 11) is 0. The van der Waals surface area contributed by atoms with Crippen molar-refractivity contribution >= 4 is 6.41 Å². The number of benzene rings is 1. The Kier molecular flexibility index (Phi) is 2.95. The summed E-state index contributed by atoms with van der Waals surface area (Å²) in [6.45, 7) is 1.73. The molecule has 0 saturated carbocycles. The quantitative estimate of drug-likeness (QED) is 0.598. The molecule has 1 aromatic rings. The lowest BCUT2D eigenvalue weighted by Crippen LogP contribution is -2.52. The van der Waals surface area contributed by atoms with Gasteiger partial charge in [0, 0.05) is 11.6 Å². The lowest BCUT2D eigenvalue weighted by atomic mass is 10.1. The van der Waals surface area contributed by atoms with Gasteiger partial charge in [-0.1, -0.05) is 0 Å². The van der Waals surface area contributed by atoms with E-state index in [1.807, 2.05) is 0 Å². The minimum absolute atomic E-state index is 0.292. The molecular weight excluding hydrogens is 235 g/mol. The monoisotopic (exact) mass is 245 g/mol. The van der Waals surface area contributed by atoms with E-state index in [0.29, 0.717) is 19.5 Å². The van der Waals surface area contributed by atoms with E-state index in [-0.39, 0.29) is 5.56 Å². The number of carbonyl (C=O) groups excluding carboxylic acids is 1. The van der Waals surface area contributed by atoms with Gasteiger partial charge in [0.25, 0.3) is 0 Å². The highest BCUT2D eigenvalue weighted by atomic mass is 19.2. The van der Waals surface area contributed by atoms with Crippen molar-refractivity contribution in [3.63, 3.8) is 0 Å². The van der Waals surface area contributed by atoms with Crippen LogP contribution in [-0.2, 0) is 4.79 Å². The minimum atomic E-state index is -1.24. The summed E-state index contributed by atoms with van der Waals surface area (Å²) in [5.74, 6) is -3.76. The van der Waals surface area contributed by atoms with Gasteiger partial charge >= 0.3 is 0 Å². The maximum atomic E-state index is 13.4. The summed E-state index contributed by atoms with van der Waals surface area (Å²) >= 11 is 0. The van der Waals surface area contributed by atoms with Crippen molar-refractivity contribution in [3.05, 3.63) is 29.1 Å². The maximum Gasteiger partial charge on any atom is 0.209 e. The van der Waals surface area contributed by atoms with Crippen LogP contribution in [0.5, 0.6) is 5.75 Å². The van der Waals surface area contributed by atoms with Crippen LogP contribution in [0.3, 0.4) is 0 Å². The summed E-state index contributed by atoms with van der Waals surface area (Å²) in [5.41, 5.74) is -0.377. The molecule has 1 aromatic carbocycles. The molecule has 0 unspecified atom stereocenters. The number of carbonyl (C=O) groups is 1. The summed E-state index contributed by atoms with van der Waals surface area (Å²) in [6, 6.07) is 0.817. The van der Waals surface area contributed by atoms with Crippen LogP contribution >= 0.6 is 0 Å². The molecule has 0 spiro atoms. The highest BCUT2D eigenvalue weighted by Crippen LogP contribution is 2.27. The summed E-state index contributed by atoms with van der Waals surface area (Å²) in [5, 5.41) is 0. The number of amides is 1. The van der Waals surface area contributed by atoms with E-state index in [2.05, 4.69) is 0 Å². The van der Waals surface area contributed by atoms with Crippen LogP contribution in [0, 0.1) is 24.4 Å². The third kappa shape index (κ3) is 2.07. The van der Waals surface area contributed by atoms with E-state index in [1.165, 1.54) is 4.90 Å². The molecule has 2 rings (SSSR count). The van der Waals surface area contributed by atoms with Gasteiger partial charge in [-0.15, -0.1) is 0 Å². The number of ether oxygens (including phenoxy) is 1. The number of nitrogens with zero attached hydrogens (tertiary/aromatic N) is 1. The molecule has 3 nitrogen and oxygen atoms in total. The van der Waals surface area contributed by atoms with Crippen LogP contribution < -0.4 is 4.74 Å². The van der Waals surface area contributed by atoms with Gasteiger partial charge in [0.15, 0.2) is 11.6 Å². The lowest BCUT2D eigenvalue weighted by Gasteiger charge is -2.36. The normalized spacial score (nSPS) is 15.6. The van der Waals surface area contributed by atoms with E-state index >= 15 is 0 Å². The lowest BCUT2D eigenvalue weighted by molar-refractivity contribution is -0.126. The zero-order valence-electron chi connectivity index (χ0n) is 9.04. The fraction of sp³-hybridized carbons (Fsp3) is 0.364. The Balaban J connectivity index is 2.14. The molecule has 1 aliphatic heterocycles. The van der Waals surface area contributed by atoms with Crippen molar-refractivity contribution in [1.82, 2.24) is 4.90 Å². The number of hydrogen-bond acceptors (Lipinski definition) is 2. The highest BCUT2D eigenvalue weighted by Gasteiger charge is 2.29. The van der Waals surface area contributed by atoms with Gasteiger partial charge in [-0.2, -0.15) is 4.39 Å². The van der Waals surface area contributed by atoms with Crippen molar-refractivity contribution in [3.8, 4) is 5.75 Å². The molecule has 1 heterocycles. The number of rotatable bonds is 3. The van der Waals surface area contributed by atoms with E-state index in [1.54, 1.807) is 0 Å². The van der Waals surface area contributed by atoms with Crippen LogP contribution in [0.15, 0.2) is 6.07 Å². The second-order valence-electron chi connectivity index (χ2n) is 3.91. The van der Waals surface area contributed by atoms with Crippen LogP contribution in [-0.4, -0.2) is 30.5 Å². The first-order chi connectivity index (χ1) is 8.02. The summed E-state index contributed by atoms with van der Waals surface area (Å²) in [6.07, 6.45) is 0.211.